The lowest BCUT2D eigenvalue weighted by atomic mass is 9.88. The maximum atomic E-state index is 12.1. The molecule has 2 fully saturated rings. The molecule has 1 aliphatic heterocycles. The van der Waals surface area contributed by atoms with Crippen LogP contribution in [0.15, 0.2) is 0 Å². The minimum atomic E-state index is -0.737. The zero-order valence-corrected chi connectivity index (χ0v) is 11.8. The molecule has 2 atom stereocenters. The molecule has 1 saturated heterocycles. The first-order valence-electron chi connectivity index (χ1n) is 7.51. The monoisotopic (exact) mass is 265 g/mol. The summed E-state index contributed by atoms with van der Waals surface area (Å²) in [6, 6.07) is -0.485. The van der Waals surface area contributed by atoms with E-state index >= 15 is 0 Å². The number of rotatable bonds is 3. The van der Waals surface area contributed by atoms with Crippen LogP contribution in [0.1, 0.15) is 51.9 Å². The lowest BCUT2D eigenvalue weighted by Gasteiger charge is -2.36. The molecule has 1 amide bonds. The molecule has 0 bridgehead atoms. The van der Waals surface area contributed by atoms with Crippen molar-refractivity contribution in [1.29, 1.82) is 0 Å². The minimum Gasteiger partial charge on any atom is -0.368 e. The molecule has 0 aromatic heterocycles. The predicted octanol–water partition coefficient (Wildman–Crippen LogP) is 1.68. The van der Waals surface area contributed by atoms with Crippen LogP contribution in [0.4, 0.5) is 0 Å². The van der Waals surface area contributed by atoms with E-state index in [9.17, 15) is 9.59 Å². The van der Waals surface area contributed by atoms with E-state index in [0.717, 1.165) is 19.4 Å². The van der Waals surface area contributed by atoms with Crippen LogP contribution >= 0.6 is 0 Å². The van der Waals surface area contributed by atoms with Crippen LogP contribution in [0.25, 0.3) is 0 Å². The standard InChI is InChI=1S/C15H25N2O2/c1-11-6-5-9-13(18)14(15(16)19)17(11)10-12-7-3-2-4-8-12/h9,11-12,14H,2-8,10H2,1H3,(H2,16,19)/t11-,14?/m1/s1. The Morgan fingerprint density at radius 1 is 1.32 bits per heavy atom. The molecule has 1 unspecified atom stereocenters. The summed E-state index contributed by atoms with van der Waals surface area (Å²) in [5, 5.41) is 0. The summed E-state index contributed by atoms with van der Waals surface area (Å²) < 4.78 is 0. The van der Waals surface area contributed by atoms with Crippen molar-refractivity contribution in [2.45, 2.75) is 64.0 Å². The second kappa shape index (κ2) is 6.51. The summed E-state index contributed by atoms with van der Waals surface area (Å²) in [4.78, 5) is 25.8. The zero-order chi connectivity index (χ0) is 13.8. The molecule has 0 aromatic carbocycles. The minimum absolute atomic E-state index is 0.104. The summed E-state index contributed by atoms with van der Waals surface area (Å²) in [6.07, 6.45) is 9.62. The van der Waals surface area contributed by atoms with Gasteiger partial charge in [-0.1, -0.05) is 19.3 Å². The molecule has 1 heterocycles. The van der Waals surface area contributed by atoms with Gasteiger partial charge in [0.1, 0.15) is 6.04 Å². The van der Waals surface area contributed by atoms with Gasteiger partial charge in [-0.25, -0.2) is 0 Å². The van der Waals surface area contributed by atoms with E-state index in [1.807, 2.05) is 0 Å². The third-order valence-corrected chi connectivity index (χ3v) is 4.56. The van der Waals surface area contributed by atoms with E-state index in [4.69, 9.17) is 5.73 Å². The van der Waals surface area contributed by atoms with Crippen LogP contribution in [-0.4, -0.2) is 35.2 Å². The maximum Gasteiger partial charge on any atom is 0.242 e. The smallest absolute Gasteiger partial charge is 0.242 e. The van der Waals surface area contributed by atoms with Crippen LogP contribution in [0.3, 0.4) is 0 Å². The second-order valence-corrected chi connectivity index (χ2v) is 6.04. The average molecular weight is 265 g/mol. The van der Waals surface area contributed by atoms with Crippen molar-refractivity contribution >= 4 is 11.7 Å². The van der Waals surface area contributed by atoms with E-state index in [1.165, 1.54) is 32.1 Å². The van der Waals surface area contributed by atoms with Crippen molar-refractivity contribution < 1.29 is 9.59 Å². The number of primary amides is 1. The van der Waals surface area contributed by atoms with Crippen molar-refractivity contribution in [2.75, 3.05) is 6.54 Å². The summed E-state index contributed by atoms with van der Waals surface area (Å²) in [6.45, 7) is 2.94. The molecule has 2 rings (SSSR count). The van der Waals surface area contributed by atoms with Crippen LogP contribution < -0.4 is 5.73 Å². The lowest BCUT2D eigenvalue weighted by Crippen LogP contribution is -2.53. The maximum absolute atomic E-state index is 12.1. The van der Waals surface area contributed by atoms with Gasteiger partial charge < -0.3 is 5.73 Å². The number of ketones is 1. The van der Waals surface area contributed by atoms with Crippen molar-refractivity contribution in [3.63, 3.8) is 0 Å². The number of hydrogen-bond donors (Lipinski definition) is 1. The van der Waals surface area contributed by atoms with Crippen LogP contribution in [0.2, 0.25) is 0 Å². The van der Waals surface area contributed by atoms with Gasteiger partial charge in [-0.05, 0) is 38.5 Å². The SMILES string of the molecule is C[C@@H]1CC[CH]C(=O)C(C(N)=O)N1CC1CCCCC1. The Labute approximate surface area is 115 Å². The molecule has 1 saturated carbocycles. The highest BCUT2D eigenvalue weighted by atomic mass is 16.2. The van der Waals surface area contributed by atoms with Gasteiger partial charge >= 0.3 is 0 Å². The second-order valence-electron chi connectivity index (χ2n) is 6.04. The summed E-state index contributed by atoms with van der Waals surface area (Å²) in [5.74, 6) is 0.0161. The van der Waals surface area contributed by atoms with Crippen LogP contribution in [0, 0.1) is 12.3 Å². The van der Waals surface area contributed by atoms with Gasteiger partial charge in [0.15, 0.2) is 5.78 Å². The topological polar surface area (TPSA) is 63.4 Å². The molecule has 107 valence electrons. The van der Waals surface area contributed by atoms with Gasteiger partial charge in [0.2, 0.25) is 5.91 Å². The molecule has 2 N–H and O–H groups in total. The summed E-state index contributed by atoms with van der Waals surface area (Å²) in [7, 11) is 0. The molecule has 0 spiro atoms. The van der Waals surface area contributed by atoms with Crippen LogP contribution in [0.5, 0.6) is 0 Å². The number of likely N-dealkylation sites (tertiary alicyclic amines) is 1. The van der Waals surface area contributed by atoms with Crippen molar-refractivity contribution in [2.24, 2.45) is 11.7 Å². The van der Waals surface area contributed by atoms with Crippen molar-refractivity contribution in [1.82, 2.24) is 4.90 Å². The van der Waals surface area contributed by atoms with Gasteiger partial charge in [0.05, 0.1) is 0 Å². The van der Waals surface area contributed by atoms with Crippen LogP contribution in [-0.2, 0) is 9.59 Å². The Kier molecular flexibility index (Phi) is 4.97. The van der Waals surface area contributed by atoms with Gasteiger partial charge in [0, 0.05) is 19.0 Å². The highest BCUT2D eigenvalue weighted by Crippen LogP contribution is 2.28. The number of carbonyl (C=O) groups is 2. The molecular weight excluding hydrogens is 240 g/mol. The molecular formula is C15H25N2O2. The number of carbonyl (C=O) groups excluding carboxylic acids is 2. The third kappa shape index (κ3) is 3.56. The van der Waals surface area contributed by atoms with Crippen molar-refractivity contribution in [3.05, 3.63) is 6.42 Å². The normalized spacial score (nSPS) is 31.1. The molecule has 1 aliphatic carbocycles. The highest BCUT2D eigenvalue weighted by Gasteiger charge is 2.37. The first-order valence-corrected chi connectivity index (χ1v) is 7.51. The van der Waals surface area contributed by atoms with Gasteiger partial charge in [-0.15, -0.1) is 0 Å². The first kappa shape index (κ1) is 14.5. The fourth-order valence-corrected chi connectivity index (χ4v) is 3.42. The Morgan fingerprint density at radius 2 is 2.00 bits per heavy atom. The number of nitrogens with two attached hydrogens (primary N) is 1. The Bertz CT molecular complexity index is 337. The third-order valence-electron chi connectivity index (χ3n) is 4.56. The summed E-state index contributed by atoms with van der Waals surface area (Å²) in [5.41, 5.74) is 5.46. The fraction of sp³-hybridized carbons (Fsp3) is 0.800. The number of hydrogen-bond acceptors (Lipinski definition) is 3. The van der Waals surface area contributed by atoms with E-state index < -0.39 is 11.9 Å². The quantitative estimate of drug-likeness (QED) is 0.790. The molecule has 4 nitrogen and oxygen atoms in total. The largest absolute Gasteiger partial charge is 0.368 e. The highest BCUT2D eigenvalue weighted by molar-refractivity contribution is 6.08. The molecule has 0 aromatic rings. The predicted molar refractivity (Wildman–Crippen MR) is 74.3 cm³/mol. The Hall–Kier alpha value is -0.900. The fourth-order valence-electron chi connectivity index (χ4n) is 3.42. The average Bonchev–Trinajstić information content (AvgIpc) is 2.51. The first-order chi connectivity index (χ1) is 9.09. The molecule has 1 radical (unpaired) electrons. The summed E-state index contributed by atoms with van der Waals surface area (Å²) >= 11 is 0. The van der Waals surface area contributed by atoms with Gasteiger partial charge in [-0.2, -0.15) is 0 Å². The molecule has 4 heteroatoms. The molecule has 19 heavy (non-hydrogen) atoms. The Balaban J connectivity index is 2.10. The van der Waals surface area contributed by atoms with Gasteiger partial charge in [-0.3, -0.25) is 14.5 Å². The molecule has 2 aliphatic rings. The van der Waals surface area contributed by atoms with E-state index in [-0.39, 0.29) is 11.8 Å². The van der Waals surface area contributed by atoms with Gasteiger partial charge in [0.25, 0.3) is 0 Å². The number of nitrogens with zero attached hydrogens (tertiary/aromatic N) is 1. The lowest BCUT2D eigenvalue weighted by molar-refractivity contribution is -0.133. The van der Waals surface area contributed by atoms with E-state index in [1.54, 1.807) is 6.42 Å². The van der Waals surface area contributed by atoms with Crippen molar-refractivity contribution in [3.8, 4) is 0 Å². The Morgan fingerprint density at radius 3 is 2.63 bits per heavy atom. The number of Topliss-reactive ketones (excluding diaryl/α,β-unsaturated/α-hetero) is 1. The zero-order valence-electron chi connectivity index (χ0n) is 11.8. The van der Waals surface area contributed by atoms with E-state index in [0.29, 0.717) is 5.92 Å². The van der Waals surface area contributed by atoms with E-state index in [2.05, 4.69) is 11.8 Å². The number of amides is 1.